The molecule has 1 atom stereocenters. The van der Waals surface area contributed by atoms with Crippen LogP contribution in [-0.2, 0) is 18.7 Å². The summed E-state index contributed by atoms with van der Waals surface area (Å²) < 4.78 is 13.8. The fraction of sp³-hybridized carbons (Fsp3) is 0.286. The van der Waals surface area contributed by atoms with Crippen molar-refractivity contribution >= 4 is 19.8 Å². The smallest absolute Gasteiger partial charge is 0.470 e. The molecule has 102 valence electrons. The third-order valence-electron chi connectivity index (χ3n) is 1.31. The monoisotopic (exact) mass is 282 g/mol. The summed E-state index contributed by atoms with van der Waals surface area (Å²) in [5.74, 6) is -3.27. The second-order valence-corrected chi connectivity index (χ2v) is 3.97. The van der Waals surface area contributed by atoms with Crippen LogP contribution in [-0.4, -0.2) is 48.0 Å². The summed E-state index contributed by atoms with van der Waals surface area (Å²) in [6.07, 6.45) is 2.03. The van der Waals surface area contributed by atoms with Gasteiger partial charge in [-0.05, 0) is 0 Å². The minimum Gasteiger partial charge on any atom is -0.481 e. The molecule has 5 N–H and O–H groups in total. The highest BCUT2D eigenvalue weighted by atomic mass is 31.2. The van der Waals surface area contributed by atoms with Crippen molar-refractivity contribution in [3.05, 3.63) is 18.7 Å². The Kier molecular flexibility index (Phi) is 6.83. The number of hydrogen-bond donors (Lipinski definition) is 5. The lowest BCUT2D eigenvalue weighted by atomic mass is 10.3. The van der Waals surface area contributed by atoms with E-state index >= 15 is 0 Å². The first-order chi connectivity index (χ1) is 8.22. The fourth-order valence-electron chi connectivity index (χ4n) is 0.709. The first-order valence-electron chi connectivity index (χ1n) is 4.33. The SMILES string of the molecule is O=C(O)CC(OP(=O)(O)O)C(=O)O.c1c[nH]cn1. The van der Waals surface area contributed by atoms with E-state index in [1.807, 2.05) is 0 Å². The van der Waals surface area contributed by atoms with Gasteiger partial charge in [-0.15, -0.1) is 0 Å². The number of aromatic nitrogens is 2. The highest BCUT2D eigenvalue weighted by Crippen LogP contribution is 2.38. The maximum Gasteiger partial charge on any atom is 0.470 e. The average molecular weight is 282 g/mol. The normalized spacial score (nSPS) is 12.1. The van der Waals surface area contributed by atoms with E-state index in [0.29, 0.717) is 0 Å². The summed E-state index contributed by atoms with van der Waals surface area (Å²) in [7, 11) is -4.98. The van der Waals surface area contributed by atoms with Gasteiger partial charge in [0.15, 0.2) is 6.10 Å². The lowest BCUT2D eigenvalue weighted by molar-refractivity contribution is -0.152. The van der Waals surface area contributed by atoms with E-state index in [1.165, 1.54) is 0 Å². The standard InChI is InChI=1S/C4H7O8P.C3H4N2/c5-3(6)1-2(4(7)8)12-13(9,10)11;1-2-5-3-4-1/h2H,1H2,(H,5,6)(H,7,8)(H2,9,10,11);1-3H,(H,4,5). The lowest BCUT2D eigenvalue weighted by Gasteiger charge is -2.11. The maximum atomic E-state index is 10.2. The van der Waals surface area contributed by atoms with Crippen molar-refractivity contribution in [2.45, 2.75) is 12.5 Å². The summed E-state index contributed by atoms with van der Waals surface area (Å²) in [6, 6.07) is 0. The number of imidazole rings is 1. The molecule has 18 heavy (non-hydrogen) atoms. The molecule has 1 aromatic heterocycles. The van der Waals surface area contributed by atoms with Crippen molar-refractivity contribution in [2.75, 3.05) is 0 Å². The maximum absolute atomic E-state index is 10.2. The Morgan fingerprint density at radius 3 is 2.22 bits per heavy atom. The number of aliphatic carboxylic acids is 2. The van der Waals surface area contributed by atoms with Gasteiger partial charge in [0, 0.05) is 12.4 Å². The van der Waals surface area contributed by atoms with Gasteiger partial charge in [-0.25, -0.2) is 14.3 Å². The Labute approximate surface area is 100 Å². The fourth-order valence-corrected chi connectivity index (χ4v) is 1.21. The predicted octanol–water partition coefficient (Wildman–Crippen LogP) is -0.567. The quantitative estimate of drug-likeness (QED) is 0.443. The summed E-state index contributed by atoms with van der Waals surface area (Å²) >= 11 is 0. The van der Waals surface area contributed by atoms with Crippen LogP contribution in [0, 0.1) is 0 Å². The number of carboxylic acids is 2. The van der Waals surface area contributed by atoms with E-state index in [9.17, 15) is 14.2 Å². The molecule has 0 saturated carbocycles. The van der Waals surface area contributed by atoms with Crippen molar-refractivity contribution in [3.8, 4) is 0 Å². The molecule has 0 aliphatic rings. The van der Waals surface area contributed by atoms with Gasteiger partial charge in [-0.3, -0.25) is 9.32 Å². The zero-order chi connectivity index (χ0) is 14.2. The molecule has 10 nitrogen and oxygen atoms in total. The largest absolute Gasteiger partial charge is 0.481 e. The molecule has 1 aromatic rings. The number of rotatable bonds is 5. The Morgan fingerprint density at radius 2 is 2.00 bits per heavy atom. The molecule has 11 heteroatoms. The number of phosphoric ester groups is 1. The third kappa shape index (κ3) is 9.48. The lowest BCUT2D eigenvalue weighted by Crippen LogP contribution is -2.25. The summed E-state index contributed by atoms with van der Waals surface area (Å²) in [6.45, 7) is 0. The Morgan fingerprint density at radius 1 is 1.39 bits per heavy atom. The number of nitrogens with one attached hydrogen (secondary N) is 1. The van der Waals surface area contributed by atoms with Gasteiger partial charge in [-0.2, -0.15) is 0 Å². The van der Waals surface area contributed by atoms with Crippen molar-refractivity contribution in [3.63, 3.8) is 0 Å². The van der Waals surface area contributed by atoms with Gasteiger partial charge in [-0.1, -0.05) is 0 Å². The number of carboxylic acid groups (broad SMARTS) is 2. The summed E-state index contributed by atoms with van der Waals surface area (Å²) in [5, 5.41) is 16.4. The van der Waals surface area contributed by atoms with E-state index in [2.05, 4.69) is 14.5 Å². The van der Waals surface area contributed by atoms with Crippen LogP contribution < -0.4 is 0 Å². The van der Waals surface area contributed by atoms with Crippen LogP contribution in [0.3, 0.4) is 0 Å². The first-order valence-corrected chi connectivity index (χ1v) is 5.86. The third-order valence-corrected chi connectivity index (χ3v) is 1.84. The molecule has 0 aliphatic heterocycles. The molecule has 0 bridgehead atoms. The average Bonchev–Trinajstić information content (AvgIpc) is 2.70. The molecular weight excluding hydrogens is 271 g/mol. The molecule has 0 amide bonds. The number of hydrogen-bond acceptors (Lipinski definition) is 5. The van der Waals surface area contributed by atoms with Crippen LogP contribution in [0.2, 0.25) is 0 Å². The zero-order valence-electron chi connectivity index (χ0n) is 8.83. The van der Waals surface area contributed by atoms with Crippen LogP contribution in [0.1, 0.15) is 6.42 Å². The minimum absolute atomic E-state index is 1.01. The number of H-pyrrole nitrogens is 1. The summed E-state index contributed by atoms with van der Waals surface area (Å²) in [4.78, 5) is 43.0. The molecule has 0 aromatic carbocycles. The highest BCUT2D eigenvalue weighted by molar-refractivity contribution is 7.46. The predicted molar refractivity (Wildman–Crippen MR) is 55.4 cm³/mol. The van der Waals surface area contributed by atoms with Crippen molar-refractivity contribution in [1.82, 2.24) is 9.97 Å². The number of aromatic amines is 1. The van der Waals surface area contributed by atoms with E-state index in [4.69, 9.17) is 20.0 Å². The Balaban J connectivity index is 0.000000473. The molecule has 0 aliphatic carbocycles. The summed E-state index contributed by atoms with van der Waals surface area (Å²) in [5.41, 5.74) is 0. The van der Waals surface area contributed by atoms with Gasteiger partial charge >= 0.3 is 19.8 Å². The van der Waals surface area contributed by atoms with E-state index < -0.39 is 32.3 Å². The van der Waals surface area contributed by atoms with Gasteiger partial charge < -0.3 is 25.0 Å². The van der Waals surface area contributed by atoms with E-state index in [0.717, 1.165) is 0 Å². The van der Waals surface area contributed by atoms with Crippen LogP contribution in [0.25, 0.3) is 0 Å². The number of carbonyl (C=O) groups is 2. The van der Waals surface area contributed by atoms with Crippen LogP contribution in [0.5, 0.6) is 0 Å². The van der Waals surface area contributed by atoms with Gasteiger partial charge in [0.05, 0.1) is 12.7 Å². The number of phosphoric acid groups is 1. The van der Waals surface area contributed by atoms with Crippen LogP contribution in [0.15, 0.2) is 18.7 Å². The molecule has 1 heterocycles. The second kappa shape index (κ2) is 7.56. The van der Waals surface area contributed by atoms with Crippen molar-refractivity contribution in [1.29, 1.82) is 0 Å². The van der Waals surface area contributed by atoms with Gasteiger partial charge in [0.25, 0.3) is 0 Å². The highest BCUT2D eigenvalue weighted by Gasteiger charge is 2.29. The van der Waals surface area contributed by atoms with Crippen molar-refractivity contribution in [2.24, 2.45) is 0 Å². The molecule has 0 saturated heterocycles. The Hall–Kier alpha value is -1.74. The van der Waals surface area contributed by atoms with Crippen molar-refractivity contribution < 1.29 is 38.7 Å². The van der Waals surface area contributed by atoms with Gasteiger partial charge in [0.2, 0.25) is 0 Å². The zero-order valence-corrected chi connectivity index (χ0v) is 9.73. The van der Waals surface area contributed by atoms with Gasteiger partial charge in [0.1, 0.15) is 0 Å². The molecule has 0 radical (unpaired) electrons. The Bertz CT molecular complexity index is 396. The first kappa shape index (κ1) is 16.3. The number of nitrogens with zero attached hydrogens (tertiary/aromatic N) is 1. The minimum atomic E-state index is -4.98. The van der Waals surface area contributed by atoms with Crippen LogP contribution in [0.4, 0.5) is 0 Å². The van der Waals surface area contributed by atoms with E-state index in [-0.39, 0.29) is 0 Å². The van der Waals surface area contributed by atoms with Crippen LogP contribution >= 0.6 is 7.82 Å². The topological polar surface area (TPSA) is 170 Å². The molecule has 1 rings (SSSR count). The molecule has 0 spiro atoms. The molecular formula is C7H11N2O8P. The molecule has 0 fully saturated rings. The second-order valence-electron chi connectivity index (χ2n) is 2.78. The van der Waals surface area contributed by atoms with E-state index in [1.54, 1.807) is 18.7 Å². The molecule has 1 unspecified atom stereocenters.